The molecule has 33 heavy (non-hydrogen) atoms. The summed E-state index contributed by atoms with van der Waals surface area (Å²) in [6.07, 6.45) is 1.13. The van der Waals surface area contributed by atoms with E-state index in [1.54, 1.807) is 48.6 Å². The van der Waals surface area contributed by atoms with E-state index in [-0.39, 0.29) is 6.42 Å². The normalized spacial score (nSPS) is 13.4. The van der Waals surface area contributed by atoms with E-state index in [2.05, 4.69) is 21.3 Å². The predicted octanol–water partition coefficient (Wildman–Crippen LogP) is 2.14. The predicted molar refractivity (Wildman–Crippen MR) is 124 cm³/mol. The second-order valence-electron chi connectivity index (χ2n) is 9.74. The highest BCUT2D eigenvalue weighted by atomic mass is 16.6. The van der Waals surface area contributed by atoms with Gasteiger partial charge in [-0.1, -0.05) is 0 Å². The lowest BCUT2D eigenvalue weighted by Crippen LogP contribution is -2.49. The van der Waals surface area contributed by atoms with Crippen LogP contribution in [-0.2, 0) is 19.1 Å². The highest BCUT2D eigenvalue weighted by molar-refractivity contribution is 5.86. The van der Waals surface area contributed by atoms with Crippen LogP contribution >= 0.6 is 0 Å². The number of carboxylic acids is 1. The zero-order valence-corrected chi connectivity index (χ0v) is 21.0. The Morgan fingerprint density at radius 1 is 0.758 bits per heavy atom. The molecule has 11 heteroatoms. The maximum absolute atomic E-state index is 12.5. The third-order valence-electron chi connectivity index (χ3n) is 4.21. The van der Waals surface area contributed by atoms with Gasteiger partial charge in [-0.2, -0.15) is 0 Å². The summed E-state index contributed by atoms with van der Waals surface area (Å²) in [7, 11) is 1.61. The molecule has 0 aromatic carbocycles. The van der Waals surface area contributed by atoms with Gasteiger partial charge in [-0.05, 0) is 80.7 Å². The van der Waals surface area contributed by atoms with Crippen LogP contribution in [0.4, 0.5) is 9.59 Å². The van der Waals surface area contributed by atoms with Crippen molar-refractivity contribution >= 4 is 24.1 Å². The number of carbonyl (C=O) groups excluding carboxylic acids is 3. The van der Waals surface area contributed by atoms with Gasteiger partial charge in [0.25, 0.3) is 0 Å². The molecule has 0 aromatic heterocycles. The first-order chi connectivity index (χ1) is 15.1. The highest BCUT2D eigenvalue weighted by Gasteiger charge is 2.24. The molecule has 0 aliphatic rings. The maximum Gasteiger partial charge on any atom is 0.407 e. The van der Waals surface area contributed by atoms with Crippen molar-refractivity contribution in [3.8, 4) is 0 Å². The first-order valence-corrected chi connectivity index (χ1v) is 11.3. The Kier molecular flexibility index (Phi) is 13.4. The number of hydrogen-bond donors (Lipinski definition) is 5. The van der Waals surface area contributed by atoms with Gasteiger partial charge in [0.1, 0.15) is 17.2 Å². The quantitative estimate of drug-likeness (QED) is 0.254. The van der Waals surface area contributed by atoms with Crippen LogP contribution in [0.25, 0.3) is 0 Å². The number of likely N-dealkylation sites (N-methyl/N-ethyl adjacent to an activating group) is 1. The number of alkyl carbamates (subject to hydrolysis) is 2. The van der Waals surface area contributed by atoms with Gasteiger partial charge in [-0.15, -0.1) is 0 Å². The van der Waals surface area contributed by atoms with E-state index >= 15 is 0 Å². The van der Waals surface area contributed by atoms with Crippen molar-refractivity contribution in [1.29, 1.82) is 0 Å². The van der Waals surface area contributed by atoms with Crippen LogP contribution in [0.1, 0.15) is 73.6 Å². The molecule has 0 radical (unpaired) electrons. The summed E-state index contributed by atoms with van der Waals surface area (Å²) in [5.74, 6) is -1.54. The number of carbonyl (C=O) groups is 4. The van der Waals surface area contributed by atoms with Gasteiger partial charge in [0.05, 0.1) is 6.04 Å². The molecule has 0 aromatic rings. The van der Waals surface area contributed by atoms with Crippen LogP contribution in [0.5, 0.6) is 0 Å². The molecule has 0 unspecified atom stereocenters. The highest BCUT2D eigenvalue weighted by Crippen LogP contribution is 2.08. The summed E-state index contributed by atoms with van der Waals surface area (Å²) in [5.41, 5.74) is -1.17. The lowest BCUT2D eigenvalue weighted by Gasteiger charge is -2.21. The van der Waals surface area contributed by atoms with E-state index in [0.29, 0.717) is 38.8 Å². The molecule has 192 valence electrons. The first kappa shape index (κ1) is 30.4. The van der Waals surface area contributed by atoms with Crippen molar-refractivity contribution in [3.05, 3.63) is 0 Å². The zero-order chi connectivity index (χ0) is 25.7. The standard InChI is InChI=1S/C22H42N4O7/c1-21(2,3)32-19(30)24-13-9-8-11-16(18(28)29)26-17(27)15(23-7)12-10-14-25-20(31)33-22(4,5)6/h15-16,23H,8-14H2,1-7H3,(H,24,30)(H,25,31)(H,26,27)(H,28,29)/t15-,16-/m0/s1. The van der Waals surface area contributed by atoms with Crippen molar-refractivity contribution in [2.24, 2.45) is 0 Å². The number of nitrogens with one attached hydrogen (secondary N) is 4. The van der Waals surface area contributed by atoms with Crippen LogP contribution in [0.3, 0.4) is 0 Å². The van der Waals surface area contributed by atoms with Crippen LogP contribution < -0.4 is 21.3 Å². The number of aliphatic carboxylic acids is 1. The summed E-state index contributed by atoms with van der Waals surface area (Å²) in [4.78, 5) is 47.3. The summed E-state index contributed by atoms with van der Waals surface area (Å²) in [5, 5.41) is 20.1. The van der Waals surface area contributed by atoms with E-state index in [9.17, 15) is 24.3 Å². The van der Waals surface area contributed by atoms with Crippen LogP contribution in [0, 0.1) is 0 Å². The Morgan fingerprint density at radius 3 is 1.64 bits per heavy atom. The van der Waals surface area contributed by atoms with E-state index in [1.807, 2.05) is 0 Å². The third kappa shape index (κ3) is 16.7. The minimum absolute atomic E-state index is 0.230. The largest absolute Gasteiger partial charge is 0.480 e. The molecule has 3 amide bonds. The zero-order valence-electron chi connectivity index (χ0n) is 21.0. The molecule has 0 aliphatic carbocycles. The molecular weight excluding hydrogens is 432 g/mol. The number of rotatable bonds is 13. The van der Waals surface area contributed by atoms with Crippen LogP contribution in [0.2, 0.25) is 0 Å². The maximum atomic E-state index is 12.5. The fourth-order valence-electron chi connectivity index (χ4n) is 2.73. The van der Waals surface area contributed by atoms with Gasteiger partial charge in [-0.25, -0.2) is 14.4 Å². The minimum Gasteiger partial charge on any atom is -0.480 e. The molecule has 0 spiro atoms. The number of carboxylic acid groups (broad SMARTS) is 1. The topological polar surface area (TPSA) is 155 Å². The van der Waals surface area contributed by atoms with Gasteiger partial charge < -0.3 is 35.8 Å². The average molecular weight is 475 g/mol. The molecule has 0 heterocycles. The van der Waals surface area contributed by atoms with E-state index in [4.69, 9.17) is 9.47 Å². The summed E-state index contributed by atoms with van der Waals surface area (Å²) >= 11 is 0. The number of hydrogen-bond acceptors (Lipinski definition) is 7. The SMILES string of the molecule is CN[C@@H](CCCNC(=O)OC(C)(C)C)C(=O)N[C@@H](CCCCNC(=O)OC(C)(C)C)C(=O)O. The van der Waals surface area contributed by atoms with Gasteiger partial charge >= 0.3 is 18.2 Å². The molecule has 0 bridgehead atoms. The van der Waals surface area contributed by atoms with Crippen molar-refractivity contribution in [2.45, 2.75) is 96.9 Å². The van der Waals surface area contributed by atoms with Gasteiger partial charge in [0.15, 0.2) is 0 Å². The molecule has 0 saturated heterocycles. The Balaban J connectivity index is 4.34. The molecule has 0 aliphatic heterocycles. The van der Waals surface area contributed by atoms with Gasteiger partial charge in [0, 0.05) is 13.1 Å². The van der Waals surface area contributed by atoms with E-state index in [0.717, 1.165) is 0 Å². The van der Waals surface area contributed by atoms with Crippen LogP contribution in [0.15, 0.2) is 0 Å². The summed E-state index contributed by atoms with van der Waals surface area (Å²) in [6.45, 7) is 11.3. The van der Waals surface area contributed by atoms with Gasteiger partial charge in [0.2, 0.25) is 5.91 Å². The molecule has 5 N–H and O–H groups in total. The van der Waals surface area contributed by atoms with E-state index < -0.39 is 47.3 Å². The molecule has 0 fully saturated rings. The lowest BCUT2D eigenvalue weighted by molar-refractivity contribution is -0.142. The molecule has 0 rings (SSSR count). The smallest absolute Gasteiger partial charge is 0.407 e. The molecular formula is C22H42N4O7. The lowest BCUT2D eigenvalue weighted by atomic mass is 10.1. The Morgan fingerprint density at radius 2 is 1.21 bits per heavy atom. The number of unbranched alkanes of at least 4 members (excludes halogenated alkanes) is 1. The minimum atomic E-state index is -1.12. The monoisotopic (exact) mass is 474 g/mol. The van der Waals surface area contributed by atoms with Crippen molar-refractivity contribution < 1.29 is 33.8 Å². The average Bonchev–Trinajstić information content (AvgIpc) is 2.63. The number of ether oxygens (including phenoxy) is 2. The van der Waals surface area contributed by atoms with Crippen LogP contribution in [-0.4, -0.2) is 72.6 Å². The Labute approximate surface area is 196 Å². The van der Waals surface area contributed by atoms with E-state index in [1.165, 1.54) is 0 Å². The fraction of sp³-hybridized carbons (Fsp3) is 0.818. The molecule has 11 nitrogen and oxygen atoms in total. The second kappa shape index (κ2) is 14.6. The Bertz CT molecular complexity index is 642. The van der Waals surface area contributed by atoms with Gasteiger partial charge in [-0.3, -0.25) is 4.79 Å². The second-order valence-corrected chi connectivity index (χ2v) is 9.74. The summed E-state index contributed by atoms with van der Waals surface area (Å²) in [6, 6.07) is -1.63. The molecule has 2 atom stereocenters. The van der Waals surface area contributed by atoms with Crippen molar-refractivity contribution in [2.75, 3.05) is 20.1 Å². The third-order valence-corrected chi connectivity index (χ3v) is 4.21. The summed E-state index contributed by atoms with van der Waals surface area (Å²) < 4.78 is 10.3. The first-order valence-electron chi connectivity index (χ1n) is 11.3. The van der Waals surface area contributed by atoms with Crippen molar-refractivity contribution in [3.63, 3.8) is 0 Å². The molecule has 0 saturated carbocycles. The fourth-order valence-corrected chi connectivity index (χ4v) is 2.73. The van der Waals surface area contributed by atoms with Crippen molar-refractivity contribution in [1.82, 2.24) is 21.3 Å². The Hall–Kier alpha value is -2.56. The number of amides is 3.